The van der Waals surface area contributed by atoms with Gasteiger partial charge in [-0.3, -0.25) is 4.68 Å². The molecule has 0 aromatic carbocycles. The molecule has 0 aliphatic carbocycles. The zero-order valence-electron chi connectivity index (χ0n) is 12.2. The Balaban J connectivity index is 2.33. The van der Waals surface area contributed by atoms with E-state index in [4.69, 9.17) is 10.5 Å². The summed E-state index contributed by atoms with van der Waals surface area (Å²) in [5.74, 6) is 0.507. The van der Waals surface area contributed by atoms with E-state index >= 15 is 0 Å². The molecular weight excluding hydrogens is 258 g/mol. The number of hydrogen-bond donors (Lipinski definition) is 1. The zero-order chi connectivity index (χ0) is 14.9. The third-order valence-corrected chi connectivity index (χ3v) is 3.33. The average Bonchev–Trinajstić information content (AvgIpc) is 2.86. The predicted molar refractivity (Wildman–Crippen MR) is 74.4 cm³/mol. The monoisotopic (exact) mass is 277 g/mol. The van der Waals surface area contributed by atoms with E-state index in [0.717, 1.165) is 11.3 Å². The smallest absolute Gasteiger partial charge is 0.360 e. The fraction of sp³-hybridized carbons (Fsp3) is 0.462. The molecule has 0 atom stereocenters. The third-order valence-electron chi connectivity index (χ3n) is 3.33. The zero-order valence-corrected chi connectivity index (χ0v) is 12.2. The van der Waals surface area contributed by atoms with Crippen LogP contribution in [0.15, 0.2) is 6.20 Å². The molecule has 2 N–H and O–H groups in total. The number of aromatic nitrogens is 4. The molecule has 2 aromatic rings. The summed E-state index contributed by atoms with van der Waals surface area (Å²) < 4.78 is 8.53. The van der Waals surface area contributed by atoms with Gasteiger partial charge in [0.05, 0.1) is 19.3 Å². The van der Waals surface area contributed by atoms with E-state index in [1.165, 1.54) is 0 Å². The lowest BCUT2D eigenvalue weighted by atomic mass is 10.2. The van der Waals surface area contributed by atoms with Crippen LogP contribution in [0.4, 0.5) is 5.82 Å². The van der Waals surface area contributed by atoms with Crippen LogP contribution in [0.1, 0.15) is 34.5 Å². The van der Waals surface area contributed by atoms with Gasteiger partial charge in [-0.1, -0.05) is 0 Å². The van der Waals surface area contributed by atoms with Crippen molar-refractivity contribution in [3.63, 3.8) is 0 Å². The van der Waals surface area contributed by atoms with Crippen LogP contribution in [0.2, 0.25) is 0 Å². The predicted octanol–water partition coefficient (Wildman–Crippen LogP) is 1.04. The number of anilines is 1. The van der Waals surface area contributed by atoms with Gasteiger partial charge in [-0.15, -0.1) is 0 Å². The molecule has 0 spiro atoms. The van der Waals surface area contributed by atoms with Crippen LogP contribution in [0, 0.1) is 13.8 Å². The van der Waals surface area contributed by atoms with Crippen molar-refractivity contribution >= 4 is 11.8 Å². The van der Waals surface area contributed by atoms with E-state index in [1.54, 1.807) is 22.4 Å². The van der Waals surface area contributed by atoms with E-state index in [0.29, 0.717) is 24.8 Å². The van der Waals surface area contributed by atoms with Crippen LogP contribution in [0.3, 0.4) is 0 Å². The quantitative estimate of drug-likeness (QED) is 0.844. The highest BCUT2D eigenvalue weighted by Gasteiger charge is 2.20. The Morgan fingerprint density at radius 1 is 1.45 bits per heavy atom. The molecule has 0 aliphatic rings. The minimum absolute atomic E-state index is 0.172. The highest BCUT2D eigenvalue weighted by molar-refractivity contribution is 5.92. The van der Waals surface area contributed by atoms with Gasteiger partial charge in [-0.25, -0.2) is 9.78 Å². The first-order valence-corrected chi connectivity index (χ1v) is 6.42. The normalized spacial score (nSPS) is 10.8. The molecule has 2 rings (SSSR count). The first-order valence-electron chi connectivity index (χ1n) is 6.42. The SMILES string of the molecule is CCOC(=O)c1nc(C)n(Cc2cnn(C)c2C)c1N. The second kappa shape index (κ2) is 5.36. The molecule has 2 aromatic heterocycles. The standard InChI is InChI=1S/C13H19N5O2/c1-5-20-13(19)11-12(14)18(9(3)16-11)7-10-6-15-17(4)8(10)2/h6H,5,7,14H2,1-4H3. The van der Waals surface area contributed by atoms with Crippen LogP contribution in [-0.2, 0) is 18.3 Å². The van der Waals surface area contributed by atoms with E-state index < -0.39 is 5.97 Å². The maximum Gasteiger partial charge on any atom is 0.360 e. The van der Waals surface area contributed by atoms with Gasteiger partial charge in [-0.2, -0.15) is 5.10 Å². The molecule has 0 bridgehead atoms. The lowest BCUT2D eigenvalue weighted by molar-refractivity contribution is 0.0521. The summed E-state index contributed by atoms with van der Waals surface area (Å²) in [5, 5.41) is 4.19. The fourth-order valence-electron chi connectivity index (χ4n) is 2.00. The van der Waals surface area contributed by atoms with Crippen molar-refractivity contribution in [2.24, 2.45) is 7.05 Å². The maximum absolute atomic E-state index is 11.8. The lowest BCUT2D eigenvalue weighted by Crippen LogP contribution is -2.11. The van der Waals surface area contributed by atoms with E-state index in [-0.39, 0.29) is 5.69 Å². The molecule has 0 saturated carbocycles. The second-order valence-corrected chi connectivity index (χ2v) is 4.58. The van der Waals surface area contributed by atoms with Crippen molar-refractivity contribution in [3.05, 3.63) is 29.0 Å². The number of ether oxygens (including phenoxy) is 1. The Hall–Kier alpha value is -2.31. The minimum Gasteiger partial charge on any atom is -0.461 e. The van der Waals surface area contributed by atoms with Crippen molar-refractivity contribution in [2.75, 3.05) is 12.3 Å². The molecule has 7 nitrogen and oxygen atoms in total. The number of carbonyl (C=O) groups is 1. The number of aryl methyl sites for hydroxylation is 2. The molecule has 2 heterocycles. The summed E-state index contributed by atoms with van der Waals surface area (Å²) >= 11 is 0. The molecule has 0 saturated heterocycles. The summed E-state index contributed by atoms with van der Waals surface area (Å²) in [6.07, 6.45) is 1.79. The van der Waals surface area contributed by atoms with Gasteiger partial charge in [-0.05, 0) is 20.8 Å². The maximum atomic E-state index is 11.8. The molecule has 0 amide bonds. The first kappa shape index (κ1) is 14.1. The van der Waals surface area contributed by atoms with E-state index in [9.17, 15) is 4.79 Å². The number of carbonyl (C=O) groups excluding carboxylic acids is 1. The van der Waals surface area contributed by atoms with Crippen molar-refractivity contribution in [1.82, 2.24) is 19.3 Å². The van der Waals surface area contributed by atoms with Crippen molar-refractivity contribution in [2.45, 2.75) is 27.3 Å². The first-order chi connectivity index (χ1) is 9.45. The Morgan fingerprint density at radius 3 is 2.70 bits per heavy atom. The fourth-order valence-corrected chi connectivity index (χ4v) is 2.00. The van der Waals surface area contributed by atoms with Crippen LogP contribution >= 0.6 is 0 Å². The number of nitrogens with two attached hydrogens (primary N) is 1. The van der Waals surface area contributed by atoms with Gasteiger partial charge in [0.2, 0.25) is 0 Å². The molecule has 0 radical (unpaired) electrons. The van der Waals surface area contributed by atoms with Gasteiger partial charge >= 0.3 is 5.97 Å². The average molecular weight is 277 g/mol. The number of imidazole rings is 1. The van der Waals surface area contributed by atoms with Crippen LogP contribution in [-0.4, -0.2) is 31.9 Å². The van der Waals surface area contributed by atoms with Gasteiger partial charge in [0.25, 0.3) is 0 Å². The number of nitrogen functional groups attached to an aromatic ring is 1. The van der Waals surface area contributed by atoms with Crippen molar-refractivity contribution in [1.29, 1.82) is 0 Å². The highest BCUT2D eigenvalue weighted by atomic mass is 16.5. The second-order valence-electron chi connectivity index (χ2n) is 4.58. The number of esters is 1. The molecule has 0 unspecified atom stereocenters. The topological polar surface area (TPSA) is 88.0 Å². The molecule has 7 heteroatoms. The molecular formula is C13H19N5O2. The minimum atomic E-state index is -0.491. The summed E-state index contributed by atoms with van der Waals surface area (Å²) in [6, 6.07) is 0. The van der Waals surface area contributed by atoms with Crippen LogP contribution in [0.5, 0.6) is 0 Å². The largest absolute Gasteiger partial charge is 0.461 e. The summed E-state index contributed by atoms with van der Waals surface area (Å²) in [7, 11) is 1.88. The molecule has 0 aliphatic heterocycles. The molecule has 108 valence electrons. The highest BCUT2D eigenvalue weighted by Crippen LogP contribution is 2.18. The molecule has 20 heavy (non-hydrogen) atoms. The van der Waals surface area contributed by atoms with Crippen LogP contribution in [0.25, 0.3) is 0 Å². The van der Waals surface area contributed by atoms with E-state index in [2.05, 4.69) is 10.1 Å². The van der Waals surface area contributed by atoms with Gasteiger partial charge in [0, 0.05) is 18.3 Å². The van der Waals surface area contributed by atoms with Gasteiger partial charge in [0.15, 0.2) is 5.69 Å². The van der Waals surface area contributed by atoms with E-state index in [1.807, 2.05) is 20.9 Å². The Labute approximate surface area is 117 Å². The number of hydrogen-bond acceptors (Lipinski definition) is 5. The summed E-state index contributed by atoms with van der Waals surface area (Å²) in [5.41, 5.74) is 8.27. The Kier molecular flexibility index (Phi) is 3.78. The van der Waals surface area contributed by atoms with Crippen LogP contribution < -0.4 is 5.73 Å². The lowest BCUT2D eigenvalue weighted by Gasteiger charge is -2.07. The third kappa shape index (κ3) is 2.38. The summed E-state index contributed by atoms with van der Waals surface area (Å²) in [4.78, 5) is 16.0. The van der Waals surface area contributed by atoms with Gasteiger partial charge in [0.1, 0.15) is 11.6 Å². The van der Waals surface area contributed by atoms with Gasteiger partial charge < -0.3 is 15.0 Å². The molecule has 0 fully saturated rings. The van der Waals surface area contributed by atoms with Crippen molar-refractivity contribution in [3.8, 4) is 0 Å². The Morgan fingerprint density at radius 2 is 2.15 bits per heavy atom. The van der Waals surface area contributed by atoms with Crippen molar-refractivity contribution < 1.29 is 9.53 Å². The Bertz CT molecular complexity index is 641. The number of rotatable bonds is 4. The number of nitrogens with zero attached hydrogens (tertiary/aromatic N) is 4. The summed E-state index contributed by atoms with van der Waals surface area (Å²) in [6.45, 7) is 6.37.